The Hall–Kier alpha value is -0.880. The molecular weight excluding hydrogens is 274 g/mol. The summed E-state index contributed by atoms with van der Waals surface area (Å²) in [6.45, 7) is 0. The lowest BCUT2D eigenvalue weighted by molar-refractivity contribution is 0.603. The van der Waals surface area contributed by atoms with Gasteiger partial charge in [0.15, 0.2) is 8.92 Å². The summed E-state index contributed by atoms with van der Waals surface area (Å²) in [6, 6.07) is 3.23. The summed E-state index contributed by atoms with van der Waals surface area (Å²) >= 11 is 4.25. The second kappa shape index (κ2) is 3.70. The molecule has 0 bridgehead atoms. The van der Waals surface area contributed by atoms with Crippen molar-refractivity contribution in [2.45, 2.75) is 0 Å². The number of hydrogen-bond acceptors (Lipinski definition) is 3. The van der Waals surface area contributed by atoms with Crippen molar-refractivity contribution in [3.8, 4) is 10.6 Å². The van der Waals surface area contributed by atoms with E-state index in [1.807, 2.05) is 0 Å². The largest absolute Gasteiger partial charge is 0.207 e. The Morgan fingerprint density at radius 3 is 2.64 bits per heavy atom. The molecule has 2 aromatic rings. The van der Waals surface area contributed by atoms with Gasteiger partial charge in [-0.25, -0.2) is 8.78 Å². The van der Waals surface area contributed by atoms with Crippen LogP contribution in [0.5, 0.6) is 0 Å². The predicted molar refractivity (Wildman–Crippen MR) is 53.0 cm³/mol. The molecule has 0 aliphatic rings. The van der Waals surface area contributed by atoms with Crippen LogP contribution in [0.25, 0.3) is 10.6 Å². The number of nitrogens with zero attached hydrogens (tertiary/aromatic N) is 2. The fourth-order valence-corrected chi connectivity index (χ4v) is 2.10. The topological polar surface area (TPSA) is 25.8 Å². The zero-order valence-electron chi connectivity index (χ0n) is 6.67. The Balaban J connectivity index is 2.55. The molecule has 72 valence electrons. The number of halogens is 3. The summed E-state index contributed by atoms with van der Waals surface area (Å²) < 4.78 is 26.6. The van der Waals surface area contributed by atoms with Crippen LogP contribution in [-0.4, -0.2) is 10.2 Å². The third-order valence-corrected chi connectivity index (χ3v) is 2.95. The van der Waals surface area contributed by atoms with Gasteiger partial charge >= 0.3 is 0 Å². The third kappa shape index (κ3) is 1.80. The van der Waals surface area contributed by atoms with E-state index in [2.05, 4.69) is 26.1 Å². The van der Waals surface area contributed by atoms with Crippen molar-refractivity contribution in [3.05, 3.63) is 33.8 Å². The Labute approximate surface area is 90.7 Å². The van der Waals surface area contributed by atoms with Crippen molar-refractivity contribution in [3.63, 3.8) is 0 Å². The maximum absolute atomic E-state index is 13.2. The Kier molecular flexibility index (Phi) is 2.56. The highest BCUT2D eigenvalue weighted by molar-refractivity contribution is 9.11. The van der Waals surface area contributed by atoms with Crippen LogP contribution in [0.4, 0.5) is 8.78 Å². The molecule has 0 aliphatic carbocycles. The monoisotopic (exact) mass is 276 g/mol. The Morgan fingerprint density at radius 2 is 2.00 bits per heavy atom. The van der Waals surface area contributed by atoms with E-state index in [-0.39, 0.29) is 5.56 Å². The highest BCUT2D eigenvalue weighted by atomic mass is 79.9. The van der Waals surface area contributed by atoms with Crippen LogP contribution in [0.15, 0.2) is 22.1 Å². The van der Waals surface area contributed by atoms with Gasteiger partial charge < -0.3 is 0 Å². The van der Waals surface area contributed by atoms with Gasteiger partial charge in [0.1, 0.15) is 11.6 Å². The molecule has 6 heteroatoms. The standard InChI is InChI=1S/C8H3BrF2N2S/c9-8-13-12-7(14-8)5-3-4(10)1-2-6(5)11/h1-3H. The first-order chi connectivity index (χ1) is 6.66. The average Bonchev–Trinajstić information content (AvgIpc) is 2.56. The van der Waals surface area contributed by atoms with Gasteiger partial charge in [0.05, 0.1) is 5.56 Å². The molecular formula is C8H3BrF2N2S. The van der Waals surface area contributed by atoms with Crippen LogP contribution in [-0.2, 0) is 0 Å². The minimum absolute atomic E-state index is 0.133. The Bertz CT molecular complexity index is 472. The quantitative estimate of drug-likeness (QED) is 0.799. The molecule has 1 heterocycles. The fourth-order valence-electron chi connectivity index (χ4n) is 0.976. The molecule has 0 amide bonds. The minimum atomic E-state index is -0.505. The second-order valence-electron chi connectivity index (χ2n) is 2.48. The maximum Gasteiger partial charge on any atom is 0.183 e. The third-order valence-electron chi connectivity index (χ3n) is 1.56. The van der Waals surface area contributed by atoms with Gasteiger partial charge in [0, 0.05) is 0 Å². The van der Waals surface area contributed by atoms with Crippen LogP contribution < -0.4 is 0 Å². The first-order valence-electron chi connectivity index (χ1n) is 3.61. The number of rotatable bonds is 1. The molecule has 0 N–H and O–H groups in total. The molecule has 0 radical (unpaired) electrons. The van der Waals surface area contributed by atoms with Gasteiger partial charge in [-0.15, -0.1) is 10.2 Å². The Morgan fingerprint density at radius 1 is 1.21 bits per heavy atom. The van der Waals surface area contributed by atoms with Crippen molar-refractivity contribution in [2.24, 2.45) is 0 Å². The number of hydrogen-bond donors (Lipinski definition) is 0. The average molecular weight is 277 g/mol. The van der Waals surface area contributed by atoms with E-state index in [0.29, 0.717) is 8.92 Å². The SMILES string of the molecule is Fc1ccc(F)c(-c2nnc(Br)s2)c1. The highest BCUT2D eigenvalue weighted by Crippen LogP contribution is 2.28. The summed E-state index contributed by atoms with van der Waals surface area (Å²) in [6.07, 6.45) is 0. The van der Waals surface area contributed by atoms with Gasteiger partial charge in [-0.05, 0) is 34.1 Å². The first kappa shape index (κ1) is 9.67. The summed E-state index contributed by atoms with van der Waals surface area (Å²) in [4.78, 5) is 0. The first-order valence-corrected chi connectivity index (χ1v) is 5.22. The van der Waals surface area contributed by atoms with Crippen LogP contribution in [0.1, 0.15) is 0 Å². The molecule has 0 unspecified atom stereocenters. The van der Waals surface area contributed by atoms with E-state index in [1.54, 1.807) is 0 Å². The van der Waals surface area contributed by atoms with Crippen LogP contribution in [0.3, 0.4) is 0 Å². The lowest BCUT2D eigenvalue weighted by Gasteiger charge is -1.97. The summed E-state index contributed by atoms with van der Waals surface area (Å²) in [7, 11) is 0. The summed E-state index contributed by atoms with van der Waals surface area (Å²) in [5.74, 6) is -0.997. The van der Waals surface area contributed by atoms with Crippen molar-refractivity contribution in [1.82, 2.24) is 10.2 Å². The zero-order chi connectivity index (χ0) is 10.1. The maximum atomic E-state index is 13.2. The zero-order valence-corrected chi connectivity index (χ0v) is 9.07. The van der Waals surface area contributed by atoms with Crippen molar-refractivity contribution in [1.29, 1.82) is 0 Å². The van der Waals surface area contributed by atoms with E-state index >= 15 is 0 Å². The van der Waals surface area contributed by atoms with Gasteiger partial charge in [0.25, 0.3) is 0 Å². The van der Waals surface area contributed by atoms with E-state index in [9.17, 15) is 8.78 Å². The lowest BCUT2D eigenvalue weighted by Crippen LogP contribution is -1.85. The molecule has 0 atom stereocenters. The van der Waals surface area contributed by atoms with E-state index in [4.69, 9.17) is 0 Å². The molecule has 1 aromatic heterocycles. The lowest BCUT2D eigenvalue weighted by atomic mass is 10.2. The second-order valence-corrected chi connectivity index (χ2v) is 4.74. The summed E-state index contributed by atoms with van der Waals surface area (Å²) in [5, 5.41) is 7.72. The van der Waals surface area contributed by atoms with Crippen LogP contribution >= 0.6 is 27.3 Å². The molecule has 2 nitrogen and oxygen atoms in total. The van der Waals surface area contributed by atoms with E-state index in [0.717, 1.165) is 29.5 Å². The fraction of sp³-hybridized carbons (Fsp3) is 0. The smallest absolute Gasteiger partial charge is 0.183 e. The molecule has 0 spiro atoms. The molecule has 1 aromatic carbocycles. The minimum Gasteiger partial charge on any atom is -0.207 e. The molecule has 0 fully saturated rings. The molecule has 0 saturated carbocycles. The molecule has 0 aliphatic heterocycles. The van der Waals surface area contributed by atoms with Gasteiger partial charge in [-0.2, -0.15) is 0 Å². The molecule has 14 heavy (non-hydrogen) atoms. The van der Waals surface area contributed by atoms with Gasteiger partial charge in [0.2, 0.25) is 0 Å². The normalized spacial score (nSPS) is 10.5. The predicted octanol–water partition coefficient (Wildman–Crippen LogP) is 3.25. The highest BCUT2D eigenvalue weighted by Gasteiger charge is 2.10. The van der Waals surface area contributed by atoms with Crippen molar-refractivity contribution in [2.75, 3.05) is 0 Å². The summed E-state index contributed by atoms with van der Waals surface area (Å²) in [5.41, 5.74) is 0.133. The molecule has 2 rings (SSSR count). The molecule has 0 saturated heterocycles. The van der Waals surface area contributed by atoms with Gasteiger partial charge in [-0.3, -0.25) is 0 Å². The van der Waals surface area contributed by atoms with E-state index in [1.165, 1.54) is 0 Å². The van der Waals surface area contributed by atoms with Gasteiger partial charge in [-0.1, -0.05) is 11.3 Å². The van der Waals surface area contributed by atoms with Crippen LogP contribution in [0.2, 0.25) is 0 Å². The van der Waals surface area contributed by atoms with E-state index < -0.39 is 11.6 Å². The number of aromatic nitrogens is 2. The van der Waals surface area contributed by atoms with Crippen LogP contribution in [0, 0.1) is 11.6 Å². The number of benzene rings is 1. The van der Waals surface area contributed by atoms with Crippen molar-refractivity contribution < 1.29 is 8.78 Å². The van der Waals surface area contributed by atoms with Crippen molar-refractivity contribution >= 4 is 27.3 Å².